The Hall–Kier alpha value is -2.56. The van der Waals surface area contributed by atoms with Gasteiger partial charge in [0.2, 0.25) is 0 Å². The average molecular weight is 469 g/mol. The molecule has 2 aliphatic carbocycles. The molecule has 2 aromatic heterocycles. The van der Waals surface area contributed by atoms with Crippen molar-refractivity contribution in [2.24, 2.45) is 11.0 Å². The second-order valence-electron chi connectivity index (χ2n) is 9.44. The van der Waals surface area contributed by atoms with Gasteiger partial charge in [0.05, 0.1) is 16.5 Å². The van der Waals surface area contributed by atoms with Gasteiger partial charge in [-0.15, -0.1) is 11.3 Å². The lowest BCUT2D eigenvalue weighted by molar-refractivity contribution is -0.137. The molecule has 2 aliphatic rings. The van der Waals surface area contributed by atoms with Crippen LogP contribution in [0.25, 0.3) is 10.2 Å². The number of hydrogen-bond donors (Lipinski definition) is 1. The highest BCUT2D eigenvalue weighted by atomic mass is 32.1. The maximum Gasteiger partial charge on any atom is 0.428 e. The van der Waals surface area contributed by atoms with Gasteiger partial charge in [-0.1, -0.05) is 0 Å². The van der Waals surface area contributed by atoms with Crippen LogP contribution in [0.5, 0.6) is 0 Å². The van der Waals surface area contributed by atoms with Crippen molar-refractivity contribution in [2.75, 3.05) is 0 Å². The Balaban J connectivity index is 1.73. The molecular formula is C21H26F2N4O4S. The van der Waals surface area contributed by atoms with Crippen molar-refractivity contribution in [1.29, 1.82) is 0 Å². The fraction of sp³-hybridized carbons (Fsp3) is 0.619. The van der Waals surface area contributed by atoms with Gasteiger partial charge in [-0.05, 0) is 52.5 Å². The first kappa shape index (κ1) is 22.6. The first-order valence-corrected chi connectivity index (χ1v) is 11.4. The number of halogens is 2. The molecule has 8 nitrogen and oxygen atoms in total. The van der Waals surface area contributed by atoms with Gasteiger partial charge in [0.25, 0.3) is 11.5 Å². The number of aromatic nitrogens is 2. The monoisotopic (exact) mass is 468 g/mol. The van der Waals surface area contributed by atoms with Crippen molar-refractivity contribution in [2.45, 2.75) is 77.5 Å². The van der Waals surface area contributed by atoms with E-state index >= 15 is 0 Å². The fourth-order valence-electron chi connectivity index (χ4n) is 3.78. The standard InChI is InChI=1S/C21H26F2N4O4S/c1-11-14(9-24-25-18(29)31-20(2,3)4)32-17-15(11)16(28)27(13-5-6-13)19(30)26(17)10-12-7-8-21(12,22)23/h9,12-13H,5-8,10H2,1-4H3,(H,25,29). The molecule has 1 N–H and O–H groups in total. The number of amides is 1. The van der Waals surface area contributed by atoms with Crippen LogP contribution in [-0.2, 0) is 11.3 Å². The molecule has 0 bridgehead atoms. The second kappa shape index (κ2) is 7.79. The van der Waals surface area contributed by atoms with Crippen LogP contribution in [0, 0.1) is 12.8 Å². The number of ether oxygens (including phenoxy) is 1. The van der Waals surface area contributed by atoms with Gasteiger partial charge in [0, 0.05) is 24.9 Å². The van der Waals surface area contributed by atoms with Crippen LogP contribution in [0.4, 0.5) is 13.6 Å². The molecule has 0 aliphatic heterocycles. The molecule has 4 rings (SSSR count). The summed E-state index contributed by atoms with van der Waals surface area (Å²) in [5.74, 6) is -3.73. The van der Waals surface area contributed by atoms with Crippen LogP contribution >= 0.6 is 11.3 Å². The van der Waals surface area contributed by atoms with Crippen LogP contribution < -0.4 is 16.7 Å². The maximum absolute atomic E-state index is 14.0. The molecule has 0 saturated heterocycles. The molecule has 0 radical (unpaired) electrons. The van der Waals surface area contributed by atoms with Crippen molar-refractivity contribution in [3.63, 3.8) is 0 Å². The number of hydrogen-bond acceptors (Lipinski definition) is 6. The van der Waals surface area contributed by atoms with Crippen molar-refractivity contribution in [3.8, 4) is 0 Å². The molecule has 0 spiro atoms. The molecular weight excluding hydrogens is 442 g/mol. The van der Waals surface area contributed by atoms with E-state index in [0.717, 1.165) is 24.2 Å². The number of fused-ring (bicyclic) bond motifs is 1. The minimum Gasteiger partial charge on any atom is -0.443 e. The maximum atomic E-state index is 14.0. The normalized spacial score (nSPS) is 20.5. The highest BCUT2D eigenvalue weighted by Gasteiger charge is 2.48. The summed E-state index contributed by atoms with van der Waals surface area (Å²) in [6, 6.07) is -0.183. The Morgan fingerprint density at radius 3 is 2.53 bits per heavy atom. The lowest BCUT2D eigenvalue weighted by Gasteiger charge is -2.36. The van der Waals surface area contributed by atoms with Crippen molar-refractivity contribution in [3.05, 3.63) is 31.3 Å². The van der Waals surface area contributed by atoms with Crippen molar-refractivity contribution >= 4 is 33.9 Å². The molecule has 2 saturated carbocycles. The minimum atomic E-state index is -2.81. The Kier molecular flexibility index (Phi) is 5.51. The van der Waals surface area contributed by atoms with Gasteiger partial charge >= 0.3 is 11.8 Å². The summed E-state index contributed by atoms with van der Waals surface area (Å²) in [7, 11) is 0. The SMILES string of the molecule is Cc1c(C=NNC(=O)OC(C)(C)C)sc2c1c(=O)n(C1CC1)c(=O)n2CC1CCC1(F)F. The van der Waals surface area contributed by atoms with Crippen LogP contribution in [0.1, 0.15) is 62.9 Å². The van der Waals surface area contributed by atoms with E-state index in [9.17, 15) is 23.2 Å². The first-order chi connectivity index (χ1) is 14.9. The van der Waals surface area contributed by atoms with E-state index in [4.69, 9.17) is 4.74 Å². The number of carbonyl (C=O) groups is 1. The number of alkyl halides is 2. The molecule has 1 amide bonds. The summed E-state index contributed by atoms with van der Waals surface area (Å²) in [5, 5.41) is 4.23. The zero-order valence-electron chi connectivity index (χ0n) is 18.4. The predicted molar refractivity (Wildman–Crippen MR) is 118 cm³/mol. The number of thiophene rings is 1. The van der Waals surface area contributed by atoms with E-state index in [-0.39, 0.29) is 19.0 Å². The van der Waals surface area contributed by atoms with Gasteiger partial charge < -0.3 is 4.74 Å². The number of carbonyl (C=O) groups excluding carboxylic acids is 1. The zero-order valence-corrected chi connectivity index (χ0v) is 19.2. The Morgan fingerprint density at radius 2 is 2.00 bits per heavy atom. The smallest absolute Gasteiger partial charge is 0.428 e. The van der Waals surface area contributed by atoms with Gasteiger partial charge in [-0.25, -0.2) is 23.8 Å². The topological polar surface area (TPSA) is 94.7 Å². The lowest BCUT2D eigenvalue weighted by Crippen LogP contribution is -2.46. The summed E-state index contributed by atoms with van der Waals surface area (Å²) in [5.41, 5.74) is 1.23. The number of rotatable bonds is 5. The highest BCUT2D eigenvalue weighted by molar-refractivity contribution is 7.20. The van der Waals surface area contributed by atoms with E-state index < -0.39 is 34.8 Å². The molecule has 1 unspecified atom stereocenters. The largest absolute Gasteiger partial charge is 0.443 e. The summed E-state index contributed by atoms with van der Waals surface area (Å²) in [6.45, 7) is 6.76. The summed E-state index contributed by atoms with van der Waals surface area (Å²) in [4.78, 5) is 38.9. The van der Waals surface area contributed by atoms with Gasteiger partial charge in [-0.3, -0.25) is 13.9 Å². The molecule has 2 fully saturated rings. The van der Waals surface area contributed by atoms with Crippen molar-refractivity contribution in [1.82, 2.24) is 14.6 Å². The van der Waals surface area contributed by atoms with Gasteiger partial charge in [0.15, 0.2) is 0 Å². The second-order valence-corrected chi connectivity index (χ2v) is 10.5. The molecule has 174 valence electrons. The Labute approximate surface area is 186 Å². The molecule has 2 aromatic rings. The van der Waals surface area contributed by atoms with E-state index in [0.29, 0.717) is 27.1 Å². The van der Waals surface area contributed by atoms with Crippen LogP contribution in [0.3, 0.4) is 0 Å². The third-order valence-corrected chi connectivity index (χ3v) is 7.00. The van der Waals surface area contributed by atoms with Crippen LogP contribution in [0.15, 0.2) is 14.7 Å². The number of aryl methyl sites for hydroxylation is 1. The van der Waals surface area contributed by atoms with Crippen molar-refractivity contribution < 1.29 is 18.3 Å². The van der Waals surface area contributed by atoms with E-state index in [2.05, 4.69) is 10.5 Å². The molecule has 11 heteroatoms. The zero-order chi connectivity index (χ0) is 23.4. The van der Waals surface area contributed by atoms with E-state index in [1.165, 1.54) is 15.3 Å². The lowest BCUT2D eigenvalue weighted by atomic mass is 9.81. The fourth-order valence-corrected chi connectivity index (χ4v) is 4.95. The molecule has 0 aromatic carbocycles. The first-order valence-electron chi connectivity index (χ1n) is 10.6. The third-order valence-electron chi connectivity index (χ3n) is 5.75. The highest BCUT2D eigenvalue weighted by Crippen LogP contribution is 2.44. The number of nitrogens with one attached hydrogen (secondary N) is 1. The Morgan fingerprint density at radius 1 is 1.31 bits per heavy atom. The number of hydrazone groups is 1. The minimum absolute atomic E-state index is 0.137. The number of nitrogens with zero attached hydrogens (tertiary/aromatic N) is 3. The average Bonchev–Trinajstić information content (AvgIpc) is 3.43. The quantitative estimate of drug-likeness (QED) is 0.534. The molecule has 32 heavy (non-hydrogen) atoms. The van der Waals surface area contributed by atoms with Crippen LogP contribution in [0.2, 0.25) is 0 Å². The predicted octanol–water partition coefficient (Wildman–Crippen LogP) is 3.77. The molecule has 2 heterocycles. The third kappa shape index (κ3) is 4.22. The van der Waals surface area contributed by atoms with Gasteiger partial charge in [0.1, 0.15) is 10.4 Å². The summed E-state index contributed by atoms with van der Waals surface area (Å²) >= 11 is 1.12. The Bertz CT molecular complexity index is 1220. The van der Waals surface area contributed by atoms with E-state index in [1.54, 1.807) is 27.7 Å². The summed E-state index contributed by atoms with van der Waals surface area (Å²) < 4.78 is 35.6. The van der Waals surface area contributed by atoms with Gasteiger partial charge in [-0.2, -0.15) is 5.10 Å². The summed E-state index contributed by atoms with van der Waals surface area (Å²) in [6.07, 6.45) is 2.23. The molecule has 1 atom stereocenters. The van der Waals surface area contributed by atoms with Crippen LogP contribution in [-0.4, -0.2) is 33.0 Å². The van der Waals surface area contributed by atoms with E-state index in [1.807, 2.05) is 0 Å².